The second-order valence-corrected chi connectivity index (χ2v) is 11.6. The highest BCUT2D eigenvalue weighted by Crippen LogP contribution is 2.30. The van der Waals surface area contributed by atoms with Gasteiger partial charge in [0.25, 0.3) is 0 Å². The number of aromatic nitrogens is 4. The van der Waals surface area contributed by atoms with Crippen LogP contribution in [0.5, 0.6) is 0 Å². The Bertz CT molecular complexity index is 1280. The minimum atomic E-state index is -0.184. The average molecular weight is 688 g/mol. The smallest absolute Gasteiger partial charge is 0.131 e. The van der Waals surface area contributed by atoms with Crippen LogP contribution in [0.3, 0.4) is 0 Å². The lowest BCUT2D eigenvalue weighted by Gasteiger charge is -2.09. The van der Waals surface area contributed by atoms with Crippen molar-refractivity contribution in [2.24, 2.45) is 11.8 Å². The first-order valence-corrected chi connectivity index (χ1v) is 14.3. The van der Waals surface area contributed by atoms with E-state index in [1.54, 1.807) is 18.2 Å². The van der Waals surface area contributed by atoms with Crippen molar-refractivity contribution in [3.8, 4) is 0 Å². The quantitative estimate of drug-likeness (QED) is 0.204. The molecule has 2 aromatic heterocycles. The van der Waals surface area contributed by atoms with E-state index in [0.29, 0.717) is 0 Å². The molecule has 0 atom stereocenters. The Morgan fingerprint density at radius 2 is 1.29 bits per heavy atom. The van der Waals surface area contributed by atoms with Crippen LogP contribution in [-0.4, -0.2) is 19.6 Å². The van der Waals surface area contributed by atoms with Gasteiger partial charge in [0, 0.05) is 23.9 Å². The summed E-state index contributed by atoms with van der Waals surface area (Å²) in [4.78, 5) is 0. The van der Waals surface area contributed by atoms with Crippen LogP contribution >= 0.6 is 45.2 Å². The first kappa shape index (κ1) is 24.4. The number of rotatable bonds is 4. The predicted molar refractivity (Wildman–Crippen MR) is 149 cm³/mol. The van der Waals surface area contributed by atoms with E-state index in [4.69, 9.17) is 0 Å². The molecule has 2 aliphatic rings. The van der Waals surface area contributed by atoms with Gasteiger partial charge < -0.3 is 0 Å². The van der Waals surface area contributed by atoms with E-state index >= 15 is 0 Å². The molecule has 0 bridgehead atoms. The van der Waals surface area contributed by atoms with Crippen molar-refractivity contribution < 1.29 is 8.78 Å². The third-order valence-electron chi connectivity index (χ3n) is 7.12. The van der Waals surface area contributed by atoms with E-state index < -0.39 is 0 Å². The molecule has 6 rings (SSSR count). The summed E-state index contributed by atoms with van der Waals surface area (Å²) < 4.78 is 32.4. The van der Waals surface area contributed by atoms with Crippen molar-refractivity contribution >= 4 is 67.0 Å². The zero-order valence-corrected chi connectivity index (χ0v) is 23.3. The van der Waals surface area contributed by atoms with E-state index in [-0.39, 0.29) is 11.6 Å². The Balaban J connectivity index is 0.000000142. The molecule has 0 unspecified atom stereocenters. The first-order chi connectivity index (χ1) is 16.5. The maximum Gasteiger partial charge on any atom is 0.131 e. The molecule has 0 saturated heterocycles. The molecule has 8 heteroatoms. The fourth-order valence-corrected chi connectivity index (χ4v) is 6.75. The van der Waals surface area contributed by atoms with E-state index in [2.05, 4.69) is 55.4 Å². The number of halogens is 4. The van der Waals surface area contributed by atoms with Gasteiger partial charge in [-0.15, -0.1) is 0 Å². The normalized spacial score (nSPS) is 17.1. The van der Waals surface area contributed by atoms with Crippen LogP contribution in [0.25, 0.3) is 21.8 Å². The van der Waals surface area contributed by atoms with Crippen LogP contribution < -0.4 is 0 Å². The van der Waals surface area contributed by atoms with E-state index in [9.17, 15) is 8.78 Å². The monoisotopic (exact) mass is 688 g/mol. The van der Waals surface area contributed by atoms with Gasteiger partial charge in [-0.25, -0.2) is 8.78 Å². The van der Waals surface area contributed by atoms with E-state index in [1.165, 1.54) is 63.5 Å². The van der Waals surface area contributed by atoms with Gasteiger partial charge in [-0.1, -0.05) is 25.7 Å². The summed E-state index contributed by atoms with van der Waals surface area (Å²) in [5, 5.41) is 11.0. The summed E-state index contributed by atoms with van der Waals surface area (Å²) in [6, 6.07) is 9.76. The maximum absolute atomic E-state index is 13.2. The summed E-state index contributed by atoms with van der Waals surface area (Å²) in [5.74, 6) is 1.13. The average Bonchev–Trinajstić information content (AvgIpc) is 3.61. The number of benzene rings is 2. The summed E-state index contributed by atoms with van der Waals surface area (Å²) >= 11 is 4.45. The SMILES string of the molecule is Fc1ccc2c(c1)c(I)nn2CC1CCCC1.Fc1ccc2nn(CC3CCCC3)c(I)c2c1. The van der Waals surface area contributed by atoms with Crippen molar-refractivity contribution in [3.63, 3.8) is 0 Å². The molecule has 0 spiro atoms. The topological polar surface area (TPSA) is 35.6 Å². The molecule has 0 radical (unpaired) electrons. The van der Waals surface area contributed by atoms with Crippen molar-refractivity contribution in [1.82, 2.24) is 19.6 Å². The van der Waals surface area contributed by atoms with Crippen molar-refractivity contribution in [1.29, 1.82) is 0 Å². The van der Waals surface area contributed by atoms with Crippen molar-refractivity contribution in [2.75, 3.05) is 0 Å². The Labute approximate surface area is 225 Å². The van der Waals surface area contributed by atoms with Gasteiger partial charge in [0.05, 0.1) is 11.0 Å². The van der Waals surface area contributed by atoms with Gasteiger partial charge in [0.2, 0.25) is 0 Å². The lowest BCUT2D eigenvalue weighted by Crippen LogP contribution is -2.10. The molecule has 4 nitrogen and oxygen atoms in total. The third kappa shape index (κ3) is 5.42. The third-order valence-corrected chi connectivity index (χ3v) is 9.05. The molecular weight excluding hydrogens is 660 g/mol. The van der Waals surface area contributed by atoms with E-state index in [0.717, 1.165) is 54.1 Å². The second kappa shape index (κ2) is 10.8. The van der Waals surface area contributed by atoms with E-state index in [1.807, 2.05) is 15.4 Å². The molecule has 2 fully saturated rings. The number of hydrogen-bond acceptors (Lipinski definition) is 2. The van der Waals surface area contributed by atoms with Crippen molar-refractivity contribution in [2.45, 2.75) is 64.5 Å². The molecular formula is C26H28F2I2N4. The van der Waals surface area contributed by atoms with Gasteiger partial charge in [0.1, 0.15) is 19.0 Å². The zero-order valence-electron chi connectivity index (χ0n) is 19.0. The Hall–Kier alpha value is -1.30. The lowest BCUT2D eigenvalue weighted by molar-refractivity contribution is 0.425. The molecule has 2 saturated carbocycles. The summed E-state index contributed by atoms with van der Waals surface area (Å²) in [6.07, 6.45) is 10.6. The molecule has 0 aliphatic heterocycles. The largest absolute Gasteiger partial charge is 0.264 e. The number of hydrogen-bond donors (Lipinski definition) is 0. The standard InChI is InChI=1S/2C13H14FIN2/c14-10-5-6-12-11(7-10)13(15)16-17(12)8-9-3-1-2-4-9;14-10-5-6-12-11(7-10)13(15)17(16-12)8-9-3-1-2-4-9/h2*5-7,9H,1-4,8H2. The van der Waals surface area contributed by atoms with Crippen LogP contribution in [0.4, 0.5) is 8.78 Å². The first-order valence-electron chi connectivity index (χ1n) is 12.1. The van der Waals surface area contributed by atoms with Gasteiger partial charge in [-0.05, 0) is 119 Å². The van der Waals surface area contributed by atoms with Gasteiger partial charge in [0.15, 0.2) is 0 Å². The summed E-state index contributed by atoms with van der Waals surface area (Å²) in [7, 11) is 0. The molecule has 34 heavy (non-hydrogen) atoms. The Kier molecular flexibility index (Phi) is 7.72. The molecule has 2 heterocycles. The fraction of sp³-hybridized carbons (Fsp3) is 0.462. The summed E-state index contributed by atoms with van der Waals surface area (Å²) in [5.41, 5.74) is 1.96. The number of fused-ring (bicyclic) bond motifs is 2. The van der Waals surface area contributed by atoms with Crippen LogP contribution in [0.1, 0.15) is 51.4 Å². The van der Waals surface area contributed by atoms with Crippen molar-refractivity contribution in [3.05, 3.63) is 55.4 Å². The minimum absolute atomic E-state index is 0.184. The molecule has 2 aromatic carbocycles. The van der Waals surface area contributed by atoms with Gasteiger partial charge >= 0.3 is 0 Å². The maximum atomic E-state index is 13.2. The van der Waals surface area contributed by atoms with Crippen LogP contribution in [0.2, 0.25) is 0 Å². The molecule has 0 N–H and O–H groups in total. The molecule has 2 aliphatic carbocycles. The fourth-order valence-electron chi connectivity index (χ4n) is 5.32. The predicted octanol–water partition coefficient (Wildman–Crippen LogP) is 7.94. The highest BCUT2D eigenvalue weighted by Gasteiger charge is 2.19. The van der Waals surface area contributed by atoms with Crippen LogP contribution in [-0.2, 0) is 13.1 Å². The second-order valence-electron chi connectivity index (χ2n) is 9.57. The minimum Gasteiger partial charge on any atom is -0.264 e. The number of nitrogens with zero attached hydrogens (tertiary/aromatic N) is 4. The highest BCUT2D eigenvalue weighted by atomic mass is 127. The Morgan fingerprint density at radius 1 is 0.735 bits per heavy atom. The zero-order chi connectivity index (χ0) is 23.7. The Morgan fingerprint density at radius 3 is 1.94 bits per heavy atom. The highest BCUT2D eigenvalue weighted by molar-refractivity contribution is 14.1. The van der Waals surface area contributed by atoms with Crippen LogP contribution in [0.15, 0.2) is 36.4 Å². The van der Waals surface area contributed by atoms with Gasteiger partial charge in [-0.2, -0.15) is 10.2 Å². The summed E-state index contributed by atoms with van der Waals surface area (Å²) in [6.45, 7) is 1.96. The molecule has 4 aromatic rings. The molecule has 0 amide bonds. The molecule has 180 valence electrons. The van der Waals surface area contributed by atoms with Crippen LogP contribution in [0, 0.1) is 30.9 Å². The van der Waals surface area contributed by atoms with Gasteiger partial charge in [-0.3, -0.25) is 9.36 Å². The lowest BCUT2D eigenvalue weighted by atomic mass is 10.1.